The number of thioether (sulfide) groups is 1. The number of Topliss-reactive ketones (excluding diaryl/α,β-unsaturated/α-hetero) is 1. The van der Waals surface area contributed by atoms with E-state index >= 15 is 0 Å². The van der Waals surface area contributed by atoms with Crippen molar-refractivity contribution in [1.29, 1.82) is 0 Å². The molecule has 1 saturated heterocycles. The molecule has 1 atom stereocenters. The quantitative estimate of drug-likeness (QED) is 0.0499. The number of ketones is 1. The summed E-state index contributed by atoms with van der Waals surface area (Å²) < 4.78 is 25.4. The minimum atomic E-state index is -0.967. The van der Waals surface area contributed by atoms with Gasteiger partial charge in [-0.3, -0.25) is 14.5 Å². The smallest absolute Gasteiger partial charge is 0.301 e. The number of amides is 1. The van der Waals surface area contributed by atoms with Crippen LogP contribution in [-0.2, 0) is 21.9 Å². The van der Waals surface area contributed by atoms with Crippen LogP contribution in [0, 0.1) is 12.7 Å². The lowest BCUT2D eigenvalue weighted by Crippen LogP contribution is -2.29. The maximum absolute atomic E-state index is 13.6. The lowest BCUT2D eigenvalue weighted by atomic mass is 9.95. The van der Waals surface area contributed by atoms with Gasteiger partial charge >= 0.3 is 5.91 Å². The molecule has 0 radical (unpaired) electrons. The summed E-state index contributed by atoms with van der Waals surface area (Å²) >= 11 is 2.54. The highest BCUT2D eigenvalue weighted by Gasteiger charge is 2.48. The fourth-order valence-corrected chi connectivity index (χ4v) is 7.00. The third-order valence-corrected chi connectivity index (χ3v) is 9.57. The molecule has 11 heteroatoms. The van der Waals surface area contributed by atoms with Gasteiger partial charge in [-0.05, 0) is 79.1 Å². The number of nitrogens with zero attached hydrogens (tertiary/aromatic N) is 3. The van der Waals surface area contributed by atoms with Crippen molar-refractivity contribution in [3.63, 3.8) is 0 Å². The van der Waals surface area contributed by atoms with Crippen molar-refractivity contribution in [3.8, 4) is 11.5 Å². The van der Waals surface area contributed by atoms with Gasteiger partial charge in [0.25, 0.3) is 5.78 Å². The summed E-state index contributed by atoms with van der Waals surface area (Å²) in [4.78, 5) is 28.5. The number of aliphatic hydroxyl groups excluding tert-OH is 1. The normalized spacial score (nSPS) is 15.6. The molecule has 1 aliphatic heterocycles. The number of hydrogen-bond donors (Lipinski definition) is 1. The number of aromatic nitrogens is 2. The number of hydrogen-bond acceptors (Lipinski definition) is 9. The number of benzene rings is 4. The summed E-state index contributed by atoms with van der Waals surface area (Å²) in [6, 6.07) is 27.0. The van der Waals surface area contributed by atoms with Gasteiger partial charge in [-0.25, -0.2) is 4.39 Å². The number of ether oxygens (including phenoxy) is 2. The molecule has 0 saturated carbocycles. The van der Waals surface area contributed by atoms with Crippen LogP contribution in [-0.4, -0.2) is 33.6 Å². The molecule has 1 aliphatic rings. The first-order valence-electron chi connectivity index (χ1n) is 14.8. The zero-order chi connectivity index (χ0) is 32.9. The van der Waals surface area contributed by atoms with E-state index in [1.807, 2.05) is 38.1 Å². The molecule has 1 N–H and O–H groups in total. The zero-order valence-electron chi connectivity index (χ0n) is 25.6. The number of aliphatic hydroxyl groups is 1. The van der Waals surface area contributed by atoms with Gasteiger partial charge in [-0.15, -0.1) is 10.2 Å². The van der Waals surface area contributed by atoms with E-state index in [-0.39, 0.29) is 22.3 Å². The monoisotopic (exact) mass is 667 g/mol. The van der Waals surface area contributed by atoms with Crippen molar-refractivity contribution in [2.24, 2.45) is 0 Å². The Balaban J connectivity index is 1.30. The summed E-state index contributed by atoms with van der Waals surface area (Å²) in [6.45, 7) is 4.75. The van der Waals surface area contributed by atoms with Crippen LogP contribution in [0.4, 0.5) is 9.52 Å². The maximum Gasteiger partial charge on any atom is 0.301 e. The van der Waals surface area contributed by atoms with Crippen LogP contribution in [0.5, 0.6) is 11.5 Å². The summed E-state index contributed by atoms with van der Waals surface area (Å²) in [7, 11) is 0. The standard InChI is InChI=1S/C36H30FN3O5S2/c1-3-44-28-15-9-25(10-16-28)31-30(32(41)26-11-17-29(18-12-26)45-20-24-6-4-5-22(2)19-24)33(42)34(43)40(31)35-38-39-36(47-35)46-21-23-7-13-27(37)14-8-23/h4-19,31,41H,3,20-21H2,1-2H3. The summed E-state index contributed by atoms with van der Waals surface area (Å²) in [5.41, 5.74) is 3.94. The van der Waals surface area contributed by atoms with Gasteiger partial charge in [0, 0.05) is 11.3 Å². The Morgan fingerprint density at radius 2 is 1.62 bits per heavy atom. The Bertz CT molecular complexity index is 1930. The molecule has 8 nitrogen and oxygen atoms in total. The predicted molar refractivity (Wildman–Crippen MR) is 180 cm³/mol. The Morgan fingerprint density at radius 1 is 0.915 bits per heavy atom. The molecule has 0 bridgehead atoms. The largest absolute Gasteiger partial charge is 0.507 e. The van der Waals surface area contributed by atoms with E-state index in [1.165, 1.54) is 28.8 Å². The first-order chi connectivity index (χ1) is 22.8. The Morgan fingerprint density at radius 3 is 2.32 bits per heavy atom. The number of aryl methyl sites for hydroxylation is 1. The minimum absolute atomic E-state index is 0.0664. The van der Waals surface area contributed by atoms with Crippen LogP contribution in [0.15, 0.2) is 107 Å². The van der Waals surface area contributed by atoms with Crippen molar-refractivity contribution in [3.05, 3.63) is 136 Å². The van der Waals surface area contributed by atoms with Crippen LogP contribution in [0.25, 0.3) is 5.76 Å². The molecule has 1 fully saturated rings. The molecule has 238 valence electrons. The van der Waals surface area contributed by atoms with Crippen LogP contribution in [0.2, 0.25) is 0 Å². The van der Waals surface area contributed by atoms with E-state index in [9.17, 15) is 19.1 Å². The van der Waals surface area contributed by atoms with Crippen molar-refractivity contribution >= 4 is 45.7 Å². The van der Waals surface area contributed by atoms with Crippen molar-refractivity contribution < 1.29 is 28.6 Å². The molecule has 47 heavy (non-hydrogen) atoms. The fourth-order valence-electron chi connectivity index (χ4n) is 5.18. The molecule has 4 aromatic carbocycles. The molecular formula is C36H30FN3O5S2. The van der Waals surface area contributed by atoms with E-state index in [2.05, 4.69) is 10.2 Å². The predicted octanol–water partition coefficient (Wildman–Crippen LogP) is 7.88. The maximum atomic E-state index is 13.6. The van der Waals surface area contributed by atoms with Crippen LogP contribution >= 0.6 is 23.1 Å². The SMILES string of the molecule is CCOc1ccc(C2C(=C(O)c3ccc(OCc4cccc(C)c4)cc3)C(=O)C(=O)N2c2nnc(SCc3ccc(F)cc3)s2)cc1. The van der Waals surface area contributed by atoms with Crippen LogP contribution < -0.4 is 14.4 Å². The lowest BCUT2D eigenvalue weighted by Gasteiger charge is -2.22. The lowest BCUT2D eigenvalue weighted by molar-refractivity contribution is -0.132. The van der Waals surface area contributed by atoms with Crippen molar-refractivity contribution in [2.45, 2.75) is 36.6 Å². The van der Waals surface area contributed by atoms with Crippen molar-refractivity contribution in [1.82, 2.24) is 10.2 Å². The first kappa shape index (κ1) is 32.0. The summed E-state index contributed by atoms with van der Waals surface area (Å²) in [5.74, 6) is -0.558. The van der Waals surface area contributed by atoms with E-state index in [0.29, 0.717) is 45.9 Å². The summed E-state index contributed by atoms with van der Waals surface area (Å²) in [5, 5.41) is 20.3. The zero-order valence-corrected chi connectivity index (χ0v) is 27.2. The Labute approximate surface area is 279 Å². The second-order valence-electron chi connectivity index (χ2n) is 10.7. The number of rotatable bonds is 11. The number of anilines is 1. The van der Waals surface area contributed by atoms with Gasteiger partial charge in [-0.1, -0.05) is 77.2 Å². The number of carbonyl (C=O) groups excluding carboxylic acids is 2. The molecular weight excluding hydrogens is 638 g/mol. The van der Waals surface area contributed by atoms with E-state index < -0.39 is 17.7 Å². The van der Waals surface area contributed by atoms with E-state index in [4.69, 9.17) is 9.47 Å². The fraction of sp³-hybridized carbons (Fsp3) is 0.167. The highest BCUT2D eigenvalue weighted by molar-refractivity contribution is 8.00. The third-order valence-electron chi connectivity index (χ3n) is 7.44. The average Bonchev–Trinajstić information content (AvgIpc) is 3.65. The van der Waals surface area contributed by atoms with Gasteiger partial charge in [0.1, 0.15) is 29.7 Å². The average molecular weight is 668 g/mol. The molecule has 0 spiro atoms. The van der Waals surface area contributed by atoms with Crippen LogP contribution in [0.3, 0.4) is 0 Å². The molecule has 1 unspecified atom stereocenters. The highest BCUT2D eigenvalue weighted by atomic mass is 32.2. The Hall–Kier alpha value is -5.00. The topological polar surface area (TPSA) is 102 Å². The molecule has 6 rings (SSSR count). The molecule has 0 aliphatic carbocycles. The second-order valence-corrected chi connectivity index (χ2v) is 12.9. The number of halogens is 1. The third kappa shape index (κ3) is 7.21. The van der Waals surface area contributed by atoms with Gasteiger partial charge in [0.2, 0.25) is 5.13 Å². The van der Waals surface area contributed by atoms with E-state index in [0.717, 1.165) is 28.0 Å². The van der Waals surface area contributed by atoms with Gasteiger partial charge in [0.15, 0.2) is 4.34 Å². The molecule has 5 aromatic rings. The molecule has 1 aromatic heterocycles. The minimum Gasteiger partial charge on any atom is -0.507 e. The highest BCUT2D eigenvalue weighted by Crippen LogP contribution is 2.44. The van der Waals surface area contributed by atoms with Gasteiger partial charge < -0.3 is 14.6 Å². The van der Waals surface area contributed by atoms with Gasteiger partial charge in [0.05, 0.1) is 18.2 Å². The number of carbonyl (C=O) groups is 2. The van der Waals surface area contributed by atoms with Gasteiger partial charge in [-0.2, -0.15) is 0 Å². The molecule has 1 amide bonds. The Kier molecular flexibility index (Phi) is 9.65. The van der Waals surface area contributed by atoms with Crippen molar-refractivity contribution in [2.75, 3.05) is 11.5 Å². The summed E-state index contributed by atoms with van der Waals surface area (Å²) in [6.07, 6.45) is 0. The van der Waals surface area contributed by atoms with Crippen LogP contribution in [0.1, 0.15) is 40.8 Å². The first-order valence-corrected chi connectivity index (χ1v) is 16.6. The second kappa shape index (κ2) is 14.2. The molecule has 2 heterocycles. The van der Waals surface area contributed by atoms with E-state index in [1.54, 1.807) is 60.7 Å².